The molecule has 2 bridgehead atoms. The minimum atomic E-state index is 0.0444. The highest BCUT2D eigenvalue weighted by Gasteiger charge is 2.54. The summed E-state index contributed by atoms with van der Waals surface area (Å²) in [5.41, 5.74) is 7.75. The van der Waals surface area contributed by atoms with Gasteiger partial charge in [0.1, 0.15) is 0 Å². The summed E-state index contributed by atoms with van der Waals surface area (Å²) in [4.78, 5) is 11.2. The van der Waals surface area contributed by atoms with Gasteiger partial charge in [0.15, 0.2) is 0 Å². The van der Waals surface area contributed by atoms with Crippen molar-refractivity contribution in [3.05, 3.63) is 11.6 Å². The Bertz CT molecular complexity index is 350. The third kappa shape index (κ3) is 1.26. The van der Waals surface area contributed by atoms with Crippen LogP contribution in [0.2, 0.25) is 0 Å². The molecule has 3 nitrogen and oxygen atoms in total. The zero-order chi connectivity index (χ0) is 10.6. The average Bonchev–Trinajstić information content (AvgIpc) is 2.58. The summed E-state index contributed by atoms with van der Waals surface area (Å²) in [6, 6.07) is 0.331. The normalized spacial score (nSPS) is 46.5. The molecular weight excluding hydrogens is 188 g/mol. The van der Waals surface area contributed by atoms with Gasteiger partial charge < -0.3 is 11.1 Å². The molecule has 0 aromatic rings. The monoisotopic (exact) mass is 206 g/mol. The van der Waals surface area contributed by atoms with Crippen LogP contribution in [0.25, 0.3) is 0 Å². The molecule has 3 heteroatoms. The summed E-state index contributed by atoms with van der Waals surface area (Å²) in [5, 5.41) is 3.15. The molecule has 4 unspecified atom stereocenters. The Kier molecular flexibility index (Phi) is 1.78. The first-order chi connectivity index (χ1) is 7.10. The molecule has 2 fully saturated rings. The van der Waals surface area contributed by atoms with Crippen molar-refractivity contribution in [3.8, 4) is 0 Å². The second-order valence-electron chi connectivity index (χ2n) is 5.49. The molecule has 0 aromatic heterocycles. The topological polar surface area (TPSA) is 55.1 Å². The quantitative estimate of drug-likeness (QED) is 0.628. The van der Waals surface area contributed by atoms with E-state index >= 15 is 0 Å². The summed E-state index contributed by atoms with van der Waals surface area (Å²) in [5.74, 6) is 1.38. The van der Waals surface area contributed by atoms with Gasteiger partial charge in [-0.3, -0.25) is 4.79 Å². The maximum Gasteiger partial charge on any atom is 0.217 e. The van der Waals surface area contributed by atoms with Crippen LogP contribution in [-0.4, -0.2) is 17.5 Å². The molecule has 0 saturated heterocycles. The molecular formula is C12H18N2O. The Balaban J connectivity index is 1.91. The number of hydrogen-bond donors (Lipinski definition) is 2. The Labute approximate surface area is 90.1 Å². The van der Waals surface area contributed by atoms with Crippen molar-refractivity contribution < 1.29 is 4.79 Å². The molecule has 3 N–H and O–H groups in total. The van der Waals surface area contributed by atoms with E-state index in [0.29, 0.717) is 17.9 Å². The summed E-state index contributed by atoms with van der Waals surface area (Å²) in [7, 11) is 0. The Morgan fingerprint density at radius 3 is 3.13 bits per heavy atom. The molecule has 0 spiro atoms. The molecule has 3 aliphatic carbocycles. The number of nitrogens with two attached hydrogens (primary N) is 1. The molecule has 0 aliphatic heterocycles. The molecule has 0 heterocycles. The van der Waals surface area contributed by atoms with Gasteiger partial charge in [0.2, 0.25) is 5.91 Å². The summed E-state index contributed by atoms with van der Waals surface area (Å²) < 4.78 is 0. The second-order valence-corrected chi connectivity index (χ2v) is 5.49. The van der Waals surface area contributed by atoms with E-state index < -0.39 is 0 Å². The van der Waals surface area contributed by atoms with Gasteiger partial charge in [-0.05, 0) is 37.5 Å². The van der Waals surface area contributed by atoms with Crippen LogP contribution < -0.4 is 11.1 Å². The van der Waals surface area contributed by atoms with E-state index in [1.807, 2.05) is 0 Å². The molecule has 0 aromatic carbocycles. The van der Waals surface area contributed by atoms with Gasteiger partial charge in [-0.15, -0.1) is 0 Å². The van der Waals surface area contributed by atoms with Gasteiger partial charge in [0.05, 0.1) is 0 Å². The van der Waals surface area contributed by atoms with E-state index in [-0.39, 0.29) is 11.4 Å². The zero-order valence-corrected chi connectivity index (χ0v) is 9.12. The highest BCUT2D eigenvalue weighted by atomic mass is 16.1. The minimum Gasteiger partial charge on any atom is -0.351 e. The first-order valence-corrected chi connectivity index (χ1v) is 5.83. The second kappa shape index (κ2) is 2.85. The predicted octanol–water partition coefficient (Wildman–Crippen LogP) is 0.949. The highest BCUT2D eigenvalue weighted by Crippen LogP contribution is 2.55. The lowest BCUT2D eigenvalue weighted by atomic mass is 9.83. The summed E-state index contributed by atoms with van der Waals surface area (Å²) in [6.45, 7) is 1.61. The van der Waals surface area contributed by atoms with Crippen molar-refractivity contribution in [3.63, 3.8) is 0 Å². The van der Waals surface area contributed by atoms with E-state index in [1.54, 1.807) is 12.5 Å². The lowest BCUT2D eigenvalue weighted by Gasteiger charge is -2.33. The summed E-state index contributed by atoms with van der Waals surface area (Å²) >= 11 is 0. The smallest absolute Gasteiger partial charge is 0.217 e. The maximum absolute atomic E-state index is 11.2. The van der Waals surface area contributed by atoms with Crippen molar-refractivity contribution in [1.82, 2.24) is 5.32 Å². The van der Waals surface area contributed by atoms with Crippen LogP contribution in [0.15, 0.2) is 11.6 Å². The minimum absolute atomic E-state index is 0.0444. The largest absolute Gasteiger partial charge is 0.351 e. The first kappa shape index (κ1) is 9.40. The molecule has 4 atom stereocenters. The molecule has 1 amide bonds. The summed E-state index contributed by atoms with van der Waals surface area (Å²) in [6.07, 6.45) is 6.64. The van der Waals surface area contributed by atoms with Crippen LogP contribution in [0.3, 0.4) is 0 Å². The van der Waals surface area contributed by atoms with Gasteiger partial charge in [-0.2, -0.15) is 0 Å². The Morgan fingerprint density at radius 2 is 2.40 bits per heavy atom. The van der Waals surface area contributed by atoms with E-state index in [0.717, 1.165) is 25.7 Å². The number of carbonyl (C=O) groups is 1. The van der Waals surface area contributed by atoms with Gasteiger partial charge in [-0.1, -0.05) is 11.6 Å². The number of nitrogens with one attached hydrogen (secondary N) is 1. The number of rotatable bonds is 1. The lowest BCUT2D eigenvalue weighted by molar-refractivity contribution is -0.120. The standard InChI is InChI=1S/C12H18N2O/c1-7(15)14-12-3-2-8-4-11(13)10(6-12)9(8)5-12/h2,9-11H,3-6,13H2,1H3,(H,14,15). The Hall–Kier alpha value is -0.830. The van der Waals surface area contributed by atoms with E-state index in [2.05, 4.69) is 11.4 Å². The highest BCUT2D eigenvalue weighted by molar-refractivity contribution is 5.74. The van der Waals surface area contributed by atoms with Crippen LogP contribution >= 0.6 is 0 Å². The van der Waals surface area contributed by atoms with Gasteiger partial charge in [-0.25, -0.2) is 0 Å². The van der Waals surface area contributed by atoms with Gasteiger partial charge >= 0.3 is 0 Å². The fraction of sp³-hybridized carbons (Fsp3) is 0.750. The molecule has 15 heavy (non-hydrogen) atoms. The van der Waals surface area contributed by atoms with E-state index in [4.69, 9.17) is 5.73 Å². The Morgan fingerprint density at radius 1 is 1.60 bits per heavy atom. The third-order valence-corrected chi connectivity index (χ3v) is 4.45. The first-order valence-electron chi connectivity index (χ1n) is 5.83. The number of fused-ring (bicyclic) bond motifs is 1. The molecule has 3 rings (SSSR count). The van der Waals surface area contributed by atoms with Crippen molar-refractivity contribution in [2.75, 3.05) is 0 Å². The molecule has 82 valence electrons. The van der Waals surface area contributed by atoms with Crippen molar-refractivity contribution in [1.29, 1.82) is 0 Å². The van der Waals surface area contributed by atoms with Crippen LogP contribution in [0.1, 0.15) is 32.6 Å². The maximum atomic E-state index is 11.2. The molecule has 0 radical (unpaired) electrons. The fourth-order valence-corrected chi connectivity index (χ4v) is 3.93. The van der Waals surface area contributed by atoms with Crippen LogP contribution in [-0.2, 0) is 4.79 Å². The number of amides is 1. The predicted molar refractivity (Wildman–Crippen MR) is 58.1 cm³/mol. The average molecular weight is 206 g/mol. The number of carbonyl (C=O) groups excluding carboxylic acids is 1. The van der Waals surface area contributed by atoms with Crippen molar-refractivity contribution >= 4 is 5.91 Å². The van der Waals surface area contributed by atoms with Crippen LogP contribution in [0, 0.1) is 11.8 Å². The molecule has 2 saturated carbocycles. The van der Waals surface area contributed by atoms with Gasteiger partial charge in [0.25, 0.3) is 0 Å². The van der Waals surface area contributed by atoms with Crippen LogP contribution in [0.4, 0.5) is 0 Å². The van der Waals surface area contributed by atoms with Crippen molar-refractivity contribution in [2.45, 2.75) is 44.2 Å². The molecule has 3 aliphatic rings. The number of hydrogen-bond acceptors (Lipinski definition) is 2. The SMILES string of the molecule is CC(=O)NC12CC=C3CC(N)C(C1)C3C2. The van der Waals surface area contributed by atoms with Crippen molar-refractivity contribution in [2.24, 2.45) is 17.6 Å². The van der Waals surface area contributed by atoms with E-state index in [1.165, 1.54) is 0 Å². The van der Waals surface area contributed by atoms with E-state index in [9.17, 15) is 4.79 Å². The fourth-order valence-electron chi connectivity index (χ4n) is 3.93. The third-order valence-electron chi connectivity index (χ3n) is 4.45. The van der Waals surface area contributed by atoms with Gasteiger partial charge in [0, 0.05) is 18.5 Å². The lowest BCUT2D eigenvalue weighted by Crippen LogP contribution is -2.47. The zero-order valence-electron chi connectivity index (χ0n) is 9.12. The van der Waals surface area contributed by atoms with Crippen LogP contribution in [0.5, 0.6) is 0 Å².